The number of amidine groups is 1. The summed E-state index contributed by atoms with van der Waals surface area (Å²) in [5, 5.41) is 9.20. The van der Waals surface area contributed by atoms with Gasteiger partial charge in [0.05, 0.1) is 12.0 Å². The van der Waals surface area contributed by atoms with Crippen LogP contribution in [-0.2, 0) is 10.3 Å². The van der Waals surface area contributed by atoms with Gasteiger partial charge in [0.15, 0.2) is 0 Å². The van der Waals surface area contributed by atoms with Crippen LogP contribution in [0.1, 0.15) is 52.9 Å². The van der Waals surface area contributed by atoms with E-state index in [0.29, 0.717) is 18.9 Å². The summed E-state index contributed by atoms with van der Waals surface area (Å²) in [5.74, 6) is 0.585. The third-order valence-corrected chi connectivity index (χ3v) is 5.07. The summed E-state index contributed by atoms with van der Waals surface area (Å²) in [7, 11) is -4.51. The highest BCUT2D eigenvalue weighted by Crippen LogP contribution is 2.35. The lowest BCUT2D eigenvalue weighted by Crippen LogP contribution is -2.45. The first-order valence-corrected chi connectivity index (χ1v) is 9.13. The molecular weight excluding hydrogens is 292 g/mol. The average molecular weight is 320 g/mol. The van der Waals surface area contributed by atoms with Crippen molar-refractivity contribution in [3.8, 4) is 0 Å². The number of β-amino-alcohol motifs (C(OH)–C–C–N with tert-alkyl or cyclic N) is 1. The zero-order valence-corrected chi connectivity index (χ0v) is 14.2. The van der Waals surface area contributed by atoms with E-state index < -0.39 is 10.3 Å². The Morgan fingerprint density at radius 1 is 1.33 bits per heavy atom. The van der Waals surface area contributed by atoms with Crippen molar-refractivity contribution in [2.75, 3.05) is 26.2 Å². The van der Waals surface area contributed by atoms with E-state index in [4.69, 9.17) is 0 Å². The van der Waals surface area contributed by atoms with Crippen LogP contribution < -0.4 is 0 Å². The smallest absolute Gasteiger partial charge is 0.267 e. The molecule has 0 radical (unpaired) electrons. The summed E-state index contributed by atoms with van der Waals surface area (Å²) in [6.45, 7) is 7.18. The highest BCUT2D eigenvalue weighted by atomic mass is 32.2. The predicted octanol–water partition coefficient (Wildman–Crippen LogP) is 1.16. The van der Waals surface area contributed by atoms with Gasteiger partial charge in [-0.1, -0.05) is 33.1 Å². The van der Waals surface area contributed by atoms with E-state index in [1.54, 1.807) is 0 Å². The van der Waals surface area contributed by atoms with E-state index in [-0.39, 0.29) is 18.6 Å². The van der Waals surface area contributed by atoms with Crippen molar-refractivity contribution in [1.82, 2.24) is 4.31 Å². The fraction of sp³-hybridized carbons (Fsp3) is 0.929. The Balaban J connectivity index is 3.26. The lowest BCUT2D eigenvalue weighted by molar-refractivity contribution is -0.523. The number of rotatable bonds is 9. The van der Waals surface area contributed by atoms with Crippen LogP contribution in [0.4, 0.5) is 0 Å². The van der Waals surface area contributed by atoms with Crippen molar-refractivity contribution in [1.29, 1.82) is 0 Å². The molecule has 0 saturated carbocycles. The van der Waals surface area contributed by atoms with E-state index >= 15 is 0 Å². The zero-order valence-electron chi connectivity index (χ0n) is 13.3. The van der Waals surface area contributed by atoms with Gasteiger partial charge in [0.25, 0.3) is 16.1 Å². The summed E-state index contributed by atoms with van der Waals surface area (Å²) in [6, 6.07) is 0. The highest BCUT2D eigenvalue weighted by molar-refractivity contribution is 7.83. The molecule has 7 heteroatoms. The maximum Gasteiger partial charge on any atom is 0.267 e. The van der Waals surface area contributed by atoms with E-state index in [9.17, 15) is 18.1 Å². The lowest BCUT2D eigenvalue weighted by Gasteiger charge is -2.31. The monoisotopic (exact) mass is 320 g/mol. The maximum atomic E-state index is 11.6. The second-order valence-electron chi connectivity index (χ2n) is 5.98. The Labute approximate surface area is 128 Å². The van der Waals surface area contributed by atoms with Gasteiger partial charge in [-0.25, -0.2) is 0 Å². The molecule has 1 aliphatic heterocycles. The molecule has 1 rings (SSSR count). The van der Waals surface area contributed by atoms with E-state index in [0.717, 1.165) is 36.4 Å². The molecule has 1 heterocycles. The van der Waals surface area contributed by atoms with Gasteiger partial charge < -0.3 is 9.66 Å². The van der Waals surface area contributed by atoms with Crippen molar-refractivity contribution in [3.05, 3.63) is 0 Å². The van der Waals surface area contributed by atoms with Crippen molar-refractivity contribution in [2.24, 2.45) is 5.41 Å². The van der Waals surface area contributed by atoms with E-state index in [1.807, 2.05) is 11.5 Å². The molecule has 0 aromatic heterocycles. The summed E-state index contributed by atoms with van der Waals surface area (Å²) in [6.07, 6.45) is 4.61. The minimum Gasteiger partial charge on any atom is -0.713 e. The Morgan fingerprint density at radius 3 is 2.48 bits per heavy atom. The van der Waals surface area contributed by atoms with Crippen molar-refractivity contribution in [2.45, 2.75) is 52.9 Å². The van der Waals surface area contributed by atoms with Gasteiger partial charge in [-0.15, -0.1) is 0 Å². The molecule has 0 fully saturated rings. The van der Waals surface area contributed by atoms with Crippen LogP contribution in [0.5, 0.6) is 0 Å². The molecule has 0 aliphatic carbocycles. The molecule has 6 nitrogen and oxygen atoms in total. The van der Waals surface area contributed by atoms with Gasteiger partial charge in [0, 0.05) is 0 Å². The van der Waals surface area contributed by atoms with Crippen molar-refractivity contribution >= 4 is 16.1 Å². The average Bonchev–Trinajstić information content (AvgIpc) is 2.82. The first-order valence-electron chi connectivity index (χ1n) is 7.77. The minimum atomic E-state index is -4.51. The van der Waals surface area contributed by atoms with Crippen LogP contribution in [0.3, 0.4) is 0 Å². The first kappa shape index (κ1) is 18.4. The molecule has 124 valence electrons. The fourth-order valence-electron chi connectivity index (χ4n) is 3.29. The quantitative estimate of drug-likeness (QED) is 0.510. The maximum absolute atomic E-state index is 11.6. The number of hydrogen-bond acceptors (Lipinski definition) is 4. The number of aliphatic hydroxyl groups excluding tert-OH is 1. The molecule has 0 aromatic rings. The van der Waals surface area contributed by atoms with Crippen LogP contribution in [0.15, 0.2) is 0 Å². The van der Waals surface area contributed by atoms with Crippen molar-refractivity contribution < 1.29 is 22.7 Å². The normalized spacial score (nSPS) is 19.2. The Kier molecular flexibility index (Phi) is 6.62. The number of nitrogens with zero attached hydrogens (tertiary/aromatic N) is 2. The second-order valence-corrected chi connectivity index (χ2v) is 7.27. The van der Waals surface area contributed by atoms with Gasteiger partial charge in [-0.2, -0.15) is 12.7 Å². The van der Waals surface area contributed by atoms with Crippen LogP contribution in [-0.4, -0.2) is 59.0 Å². The summed E-state index contributed by atoms with van der Waals surface area (Å²) < 4.78 is 37.6. The second kappa shape index (κ2) is 7.56. The SMILES string of the molecule is CCCCC(C)(CCC)C1=[N+](CCO)CCN1S(=O)(=O)[O-]. The summed E-state index contributed by atoms with van der Waals surface area (Å²) in [4.78, 5) is 0. The fourth-order valence-corrected chi connectivity index (χ4v) is 4.14. The molecule has 21 heavy (non-hydrogen) atoms. The Bertz CT molecular complexity index is 475. The molecular formula is C14H28N2O4S. The van der Waals surface area contributed by atoms with Crippen LogP contribution in [0.2, 0.25) is 0 Å². The molecule has 1 aliphatic rings. The topological polar surface area (TPSA) is 83.7 Å². The number of aliphatic hydroxyl groups is 1. The van der Waals surface area contributed by atoms with Crippen molar-refractivity contribution in [3.63, 3.8) is 0 Å². The van der Waals surface area contributed by atoms with Gasteiger partial charge in [0.2, 0.25) is 0 Å². The van der Waals surface area contributed by atoms with Gasteiger partial charge in [-0.05, 0) is 19.8 Å². The Hall–Kier alpha value is -0.660. The largest absolute Gasteiger partial charge is 0.713 e. The number of hydrogen-bond donors (Lipinski definition) is 1. The van der Waals surface area contributed by atoms with E-state index in [1.165, 1.54) is 0 Å². The highest BCUT2D eigenvalue weighted by Gasteiger charge is 2.46. The third-order valence-electron chi connectivity index (χ3n) is 4.17. The molecule has 1 N–H and O–H groups in total. The Morgan fingerprint density at radius 2 is 2.00 bits per heavy atom. The molecule has 0 aromatic carbocycles. The standard InChI is InChI=1S/C14H28N2O4S/c1-4-6-8-14(3,7-5-2)13-15(11-12-17)9-10-16(13)21(18,19)20/h17H,4-12H2,1-3H3. The zero-order chi connectivity index (χ0) is 16.1. The third kappa shape index (κ3) is 4.40. The molecule has 0 saturated heterocycles. The van der Waals surface area contributed by atoms with Gasteiger partial charge in [0.1, 0.15) is 19.6 Å². The van der Waals surface area contributed by atoms with Crippen LogP contribution in [0, 0.1) is 5.41 Å². The molecule has 1 unspecified atom stereocenters. The molecule has 0 amide bonds. The van der Waals surface area contributed by atoms with Crippen LogP contribution >= 0.6 is 0 Å². The summed E-state index contributed by atoms with van der Waals surface area (Å²) in [5.41, 5.74) is -0.339. The predicted molar refractivity (Wildman–Crippen MR) is 81.0 cm³/mol. The van der Waals surface area contributed by atoms with Crippen LogP contribution in [0.25, 0.3) is 0 Å². The van der Waals surface area contributed by atoms with E-state index in [2.05, 4.69) is 13.8 Å². The molecule has 1 atom stereocenters. The molecule has 0 spiro atoms. The first-order chi connectivity index (χ1) is 9.80. The van der Waals surface area contributed by atoms with Gasteiger partial charge >= 0.3 is 0 Å². The summed E-state index contributed by atoms with van der Waals surface area (Å²) >= 11 is 0. The number of unbranched alkanes of at least 4 members (excludes halogenated alkanes) is 1. The minimum absolute atomic E-state index is 0.0494. The van der Waals surface area contributed by atoms with Gasteiger partial charge in [-0.3, -0.25) is 4.58 Å². The molecule has 0 bridgehead atoms. The lowest BCUT2D eigenvalue weighted by atomic mass is 9.79.